The van der Waals surface area contributed by atoms with Gasteiger partial charge in [-0.2, -0.15) is 0 Å². The Kier molecular flexibility index (Phi) is 3.82. The van der Waals surface area contributed by atoms with Crippen molar-refractivity contribution in [1.82, 2.24) is 4.90 Å². The van der Waals surface area contributed by atoms with Crippen molar-refractivity contribution in [2.75, 3.05) is 20.2 Å². The lowest BCUT2D eigenvalue weighted by molar-refractivity contribution is -0.142. The molecule has 3 unspecified atom stereocenters. The van der Waals surface area contributed by atoms with Gasteiger partial charge in [-0.1, -0.05) is 12.8 Å². The minimum Gasteiger partial charge on any atom is -0.464 e. The number of carbonyl (C=O) groups is 1. The number of ether oxygens (including phenoxy) is 1. The third-order valence-electron chi connectivity index (χ3n) is 3.83. The van der Waals surface area contributed by atoms with Crippen LogP contribution in [0.15, 0.2) is 0 Å². The van der Waals surface area contributed by atoms with Gasteiger partial charge in [0.1, 0.15) is 6.04 Å². The predicted octanol–water partition coefficient (Wildman–Crippen LogP) is 0.785. The summed E-state index contributed by atoms with van der Waals surface area (Å²) in [5.41, 5.74) is 0. The van der Waals surface area contributed by atoms with Crippen molar-refractivity contribution < 1.29 is 14.6 Å². The third kappa shape index (κ3) is 2.55. The van der Waals surface area contributed by atoms with Gasteiger partial charge in [-0.25, -0.2) is 0 Å². The molecule has 0 aromatic carbocycles. The van der Waals surface area contributed by atoms with Gasteiger partial charge in [0.2, 0.25) is 0 Å². The number of cyclic esters (lactones) is 1. The topological polar surface area (TPSA) is 49.8 Å². The molecule has 2 rings (SSSR count). The SMILES string of the molecule is CN(CC1CCCCC1O)C1CCOC1=O. The molecule has 1 N–H and O–H groups in total. The first kappa shape index (κ1) is 11.9. The smallest absolute Gasteiger partial charge is 0.323 e. The number of nitrogens with zero attached hydrogens (tertiary/aromatic N) is 1. The second-order valence-electron chi connectivity index (χ2n) is 5.02. The number of aliphatic hydroxyl groups excluding tert-OH is 1. The summed E-state index contributed by atoms with van der Waals surface area (Å²) in [6, 6.07) is -0.0888. The van der Waals surface area contributed by atoms with Gasteiger partial charge < -0.3 is 9.84 Å². The second-order valence-corrected chi connectivity index (χ2v) is 5.02. The van der Waals surface area contributed by atoms with Crippen LogP contribution < -0.4 is 0 Å². The second kappa shape index (κ2) is 5.15. The molecule has 92 valence electrons. The normalized spacial score (nSPS) is 35.4. The molecule has 0 aromatic rings. The zero-order chi connectivity index (χ0) is 11.5. The Bertz CT molecular complexity index is 257. The minimum atomic E-state index is -0.186. The number of likely N-dealkylation sites (N-methyl/N-ethyl adjacent to an activating group) is 1. The van der Waals surface area contributed by atoms with Gasteiger partial charge in [0.05, 0.1) is 12.7 Å². The Morgan fingerprint density at radius 1 is 1.38 bits per heavy atom. The number of esters is 1. The molecule has 1 heterocycles. The Hall–Kier alpha value is -0.610. The molecule has 0 amide bonds. The van der Waals surface area contributed by atoms with E-state index in [2.05, 4.69) is 4.90 Å². The number of carbonyl (C=O) groups excluding carboxylic acids is 1. The third-order valence-corrected chi connectivity index (χ3v) is 3.83. The summed E-state index contributed by atoms with van der Waals surface area (Å²) in [7, 11) is 1.96. The Morgan fingerprint density at radius 3 is 2.75 bits per heavy atom. The number of aliphatic hydroxyl groups is 1. The van der Waals surface area contributed by atoms with Crippen LogP contribution in [0.1, 0.15) is 32.1 Å². The van der Waals surface area contributed by atoms with E-state index >= 15 is 0 Å². The van der Waals surface area contributed by atoms with Gasteiger partial charge in [-0.3, -0.25) is 9.69 Å². The molecule has 2 fully saturated rings. The Morgan fingerprint density at radius 2 is 2.12 bits per heavy atom. The van der Waals surface area contributed by atoms with Gasteiger partial charge >= 0.3 is 5.97 Å². The molecule has 16 heavy (non-hydrogen) atoms. The van der Waals surface area contributed by atoms with Crippen LogP contribution in [0.25, 0.3) is 0 Å². The molecule has 1 saturated heterocycles. The molecule has 0 spiro atoms. The standard InChI is InChI=1S/C12H21NO3/c1-13(10-6-7-16-12(10)15)8-9-4-2-3-5-11(9)14/h9-11,14H,2-8H2,1H3. The van der Waals surface area contributed by atoms with Crippen molar-refractivity contribution in [2.45, 2.75) is 44.2 Å². The fourth-order valence-corrected chi connectivity index (χ4v) is 2.78. The number of rotatable bonds is 3. The summed E-state index contributed by atoms with van der Waals surface area (Å²) in [4.78, 5) is 13.5. The summed E-state index contributed by atoms with van der Waals surface area (Å²) in [6.45, 7) is 1.35. The van der Waals surface area contributed by atoms with Crippen molar-refractivity contribution in [3.8, 4) is 0 Å². The van der Waals surface area contributed by atoms with E-state index in [1.807, 2.05) is 7.05 Å². The first-order valence-corrected chi connectivity index (χ1v) is 6.23. The van der Waals surface area contributed by atoms with Crippen LogP contribution >= 0.6 is 0 Å². The molecule has 4 heteroatoms. The van der Waals surface area contributed by atoms with Crippen molar-refractivity contribution in [2.24, 2.45) is 5.92 Å². The maximum Gasteiger partial charge on any atom is 0.323 e. The van der Waals surface area contributed by atoms with Gasteiger partial charge in [-0.05, 0) is 25.8 Å². The molecular weight excluding hydrogens is 206 g/mol. The zero-order valence-electron chi connectivity index (χ0n) is 9.89. The maximum absolute atomic E-state index is 11.4. The van der Waals surface area contributed by atoms with Crippen molar-refractivity contribution in [3.05, 3.63) is 0 Å². The fraction of sp³-hybridized carbons (Fsp3) is 0.917. The number of hydrogen-bond acceptors (Lipinski definition) is 4. The van der Waals surface area contributed by atoms with E-state index in [0.717, 1.165) is 32.2 Å². The highest BCUT2D eigenvalue weighted by atomic mass is 16.5. The monoisotopic (exact) mass is 227 g/mol. The lowest BCUT2D eigenvalue weighted by Gasteiger charge is -2.32. The summed E-state index contributed by atoms with van der Waals surface area (Å²) >= 11 is 0. The zero-order valence-corrected chi connectivity index (χ0v) is 9.89. The van der Waals surface area contributed by atoms with E-state index in [1.54, 1.807) is 0 Å². The predicted molar refractivity (Wildman–Crippen MR) is 60.0 cm³/mol. The molecule has 2 aliphatic rings. The first-order chi connectivity index (χ1) is 7.68. The molecule has 0 radical (unpaired) electrons. The van der Waals surface area contributed by atoms with Crippen LogP contribution in [0, 0.1) is 5.92 Å². The fourth-order valence-electron chi connectivity index (χ4n) is 2.78. The summed E-state index contributed by atoms with van der Waals surface area (Å²) < 4.78 is 4.96. The molecule has 0 aromatic heterocycles. The molecule has 1 aliphatic carbocycles. The van der Waals surface area contributed by atoms with Crippen molar-refractivity contribution in [3.63, 3.8) is 0 Å². The van der Waals surface area contributed by atoms with Gasteiger partial charge in [0.25, 0.3) is 0 Å². The largest absolute Gasteiger partial charge is 0.464 e. The average molecular weight is 227 g/mol. The van der Waals surface area contributed by atoms with Crippen molar-refractivity contribution in [1.29, 1.82) is 0 Å². The van der Waals surface area contributed by atoms with E-state index in [0.29, 0.717) is 12.5 Å². The Labute approximate surface area is 96.6 Å². The van der Waals surface area contributed by atoms with Crippen LogP contribution in [0.2, 0.25) is 0 Å². The molecule has 0 bridgehead atoms. The summed E-state index contributed by atoms with van der Waals surface area (Å²) in [6.07, 6.45) is 4.92. The first-order valence-electron chi connectivity index (χ1n) is 6.23. The summed E-state index contributed by atoms with van der Waals surface area (Å²) in [5, 5.41) is 9.88. The molecular formula is C12H21NO3. The lowest BCUT2D eigenvalue weighted by atomic mass is 9.86. The maximum atomic E-state index is 11.4. The lowest BCUT2D eigenvalue weighted by Crippen LogP contribution is -2.42. The summed E-state index contributed by atoms with van der Waals surface area (Å²) in [5.74, 6) is 0.222. The van der Waals surface area contributed by atoms with Gasteiger partial charge in [-0.15, -0.1) is 0 Å². The molecule has 3 atom stereocenters. The van der Waals surface area contributed by atoms with Gasteiger partial charge in [0.15, 0.2) is 0 Å². The average Bonchev–Trinajstić information content (AvgIpc) is 2.68. The van der Waals surface area contributed by atoms with Crippen LogP contribution in [-0.2, 0) is 9.53 Å². The van der Waals surface area contributed by atoms with Gasteiger partial charge in [0, 0.05) is 13.0 Å². The minimum absolute atomic E-state index is 0.0888. The van der Waals surface area contributed by atoms with E-state index < -0.39 is 0 Å². The van der Waals surface area contributed by atoms with Crippen molar-refractivity contribution >= 4 is 5.97 Å². The molecule has 4 nitrogen and oxygen atoms in total. The van der Waals surface area contributed by atoms with E-state index in [1.165, 1.54) is 6.42 Å². The van der Waals surface area contributed by atoms with E-state index in [4.69, 9.17) is 4.74 Å². The van der Waals surface area contributed by atoms with E-state index in [-0.39, 0.29) is 18.1 Å². The van der Waals surface area contributed by atoms with Crippen LogP contribution in [-0.4, -0.2) is 48.3 Å². The van der Waals surface area contributed by atoms with Crippen LogP contribution in [0.3, 0.4) is 0 Å². The number of hydrogen-bond donors (Lipinski definition) is 1. The van der Waals surface area contributed by atoms with Crippen LogP contribution in [0.5, 0.6) is 0 Å². The highest BCUT2D eigenvalue weighted by Crippen LogP contribution is 2.26. The highest BCUT2D eigenvalue weighted by Gasteiger charge is 2.33. The quantitative estimate of drug-likeness (QED) is 0.724. The van der Waals surface area contributed by atoms with Crippen LogP contribution in [0.4, 0.5) is 0 Å². The Balaban J connectivity index is 1.85. The molecule has 1 saturated carbocycles. The highest BCUT2D eigenvalue weighted by molar-refractivity contribution is 5.77. The molecule has 1 aliphatic heterocycles. The van der Waals surface area contributed by atoms with E-state index in [9.17, 15) is 9.90 Å².